The number of carbonyl (C=O) groups excluding carboxylic acids is 1. The van der Waals surface area contributed by atoms with Crippen LogP contribution in [0, 0.1) is 0 Å². The summed E-state index contributed by atoms with van der Waals surface area (Å²) in [4.78, 5) is 18.2. The van der Waals surface area contributed by atoms with Gasteiger partial charge in [-0.25, -0.2) is 0 Å². The molecule has 4 heteroatoms. The van der Waals surface area contributed by atoms with Gasteiger partial charge in [0.05, 0.1) is 11.8 Å². The molecule has 0 radical (unpaired) electrons. The molecule has 2 atom stereocenters. The molecule has 0 amide bonds. The molecule has 0 bridgehead atoms. The lowest BCUT2D eigenvalue weighted by Gasteiger charge is -2.11. The van der Waals surface area contributed by atoms with Gasteiger partial charge in [-0.3, -0.25) is 9.79 Å². The number of ketones is 1. The largest absolute Gasteiger partial charge is 0.298 e. The molecule has 1 aromatic carbocycles. The normalized spacial score (nSPS) is 24.5. The number of hydrogen-bond donors (Lipinski definition) is 0. The number of thiophene rings is 1. The topological polar surface area (TPSA) is 29.4 Å². The Kier molecular flexibility index (Phi) is 3.72. The molecule has 1 heterocycles. The zero-order valence-electron chi connectivity index (χ0n) is 11.0. The standard InChI is InChI=1S/C16H14ClNOS/c1-18-13-9-12(14-6-3-7-20-14)16(19)15(13)10-4-2-5-11(17)8-10/h2-8,12,15H,9H2,1H3. The van der Waals surface area contributed by atoms with E-state index in [-0.39, 0.29) is 17.6 Å². The third kappa shape index (κ3) is 2.32. The van der Waals surface area contributed by atoms with Crippen molar-refractivity contribution in [1.29, 1.82) is 0 Å². The summed E-state index contributed by atoms with van der Waals surface area (Å²) in [5.74, 6) is -0.0706. The second-order valence-electron chi connectivity index (χ2n) is 4.88. The van der Waals surface area contributed by atoms with Gasteiger partial charge in [0.1, 0.15) is 0 Å². The molecular weight excluding hydrogens is 290 g/mol. The van der Waals surface area contributed by atoms with Crippen molar-refractivity contribution in [3.63, 3.8) is 0 Å². The molecule has 0 spiro atoms. The molecule has 2 unspecified atom stereocenters. The van der Waals surface area contributed by atoms with Crippen LogP contribution in [-0.4, -0.2) is 18.5 Å². The van der Waals surface area contributed by atoms with Crippen molar-refractivity contribution in [2.45, 2.75) is 18.3 Å². The zero-order chi connectivity index (χ0) is 14.1. The lowest BCUT2D eigenvalue weighted by Crippen LogP contribution is -2.14. The summed E-state index contributed by atoms with van der Waals surface area (Å²) in [7, 11) is 1.76. The van der Waals surface area contributed by atoms with Gasteiger partial charge in [-0.15, -0.1) is 11.3 Å². The van der Waals surface area contributed by atoms with Crippen molar-refractivity contribution in [1.82, 2.24) is 0 Å². The average Bonchev–Trinajstić information content (AvgIpc) is 3.05. The van der Waals surface area contributed by atoms with Gasteiger partial charge in [-0.1, -0.05) is 29.8 Å². The average molecular weight is 304 g/mol. The van der Waals surface area contributed by atoms with Crippen LogP contribution >= 0.6 is 22.9 Å². The summed E-state index contributed by atoms with van der Waals surface area (Å²) in [6.07, 6.45) is 0.715. The molecule has 20 heavy (non-hydrogen) atoms. The number of hydrogen-bond acceptors (Lipinski definition) is 3. The third-order valence-corrected chi connectivity index (χ3v) is 4.95. The molecule has 2 nitrogen and oxygen atoms in total. The van der Waals surface area contributed by atoms with Crippen LogP contribution in [0.15, 0.2) is 46.8 Å². The highest BCUT2D eigenvalue weighted by molar-refractivity contribution is 7.10. The van der Waals surface area contributed by atoms with Crippen molar-refractivity contribution in [3.8, 4) is 0 Å². The predicted octanol–water partition coefficient (Wildman–Crippen LogP) is 4.31. The van der Waals surface area contributed by atoms with E-state index in [4.69, 9.17) is 11.6 Å². The van der Waals surface area contributed by atoms with E-state index in [1.165, 1.54) is 0 Å². The van der Waals surface area contributed by atoms with E-state index in [0.717, 1.165) is 16.2 Å². The molecule has 0 saturated heterocycles. The van der Waals surface area contributed by atoms with Crippen LogP contribution in [0.1, 0.15) is 28.7 Å². The molecule has 1 saturated carbocycles. The number of Topliss-reactive ketones (excluding diaryl/α,β-unsaturated/α-hetero) is 1. The van der Waals surface area contributed by atoms with Crippen molar-refractivity contribution >= 4 is 34.4 Å². The molecular formula is C16H14ClNOS. The smallest absolute Gasteiger partial charge is 0.154 e. The number of benzene rings is 1. The summed E-state index contributed by atoms with van der Waals surface area (Å²) in [6.45, 7) is 0. The summed E-state index contributed by atoms with van der Waals surface area (Å²) in [6, 6.07) is 11.5. The molecule has 102 valence electrons. The van der Waals surface area contributed by atoms with Gasteiger partial charge in [0, 0.05) is 29.1 Å². The Labute approximate surface area is 127 Å². The Bertz CT molecular complexity index is 663. The summed E-state index contributed by atoms with van der Waals surface area (Å²) < 4.78 is 0. The lowest BCUT2D eigenvalue weighted by atomic mass is 9.93. The zero-order valence-corrected chi connectivity index (χ0v) is 12.6. The SMILES string of the molecule is CN=C1CC(c2cccs2)C(=O)C1c1cccc(Cl)c1. The van der Waals surface area contributed by atoms with Crippen LogP contribution < -0.4 is 0 Å². The Hall–Kier alpha value is -1.45. The van der Waals surface area contributed by atoms with Gasteiger partial charge >= 0.3 is 0 Å². The van der Waals surface area contributed by atoms with E-state index in [1.54, 1.807) is 18.4 Å². The van der Waals surface area contributed by atoms with E-state index < -0.39 is 0 Å². The molecule has 1 aliphatic rings. The van der Waals surface area contributed by atoms with E-state index in [9.17, 15) is 4.79 Å². The maximum atomic E-state index is 12.8. The molecule has 2 aromatic rings. The minimum atomic E-state index is -0.245. The Balaban J connectivity index is 2.00. The van der Waals surface area contributed by atoms with Gasteiger partial charge in [-0.2, -0.15) is 0 Å². The Morgan fingerprint density at radius 1 is 1.30 bits per heavy atom. The number of aliphatic imine (C=N–C) groups is 1. The molecule has 3 rings (SSSR count). The van der Waals surface area contributed by atoms with Crippen molar-refractivity contribution in [2.24, 2.45) is 4.99 Å². The van der Waals surface area contributed by atoms with Crippen LogP contribution in [0.2, 0.25) is 5.02 Å². The second kappa shape index (κ2) is 5.51. The molecule has 1 aliphatic carbocycles. The molecule has 1 fully saturated rings. The number of halogens is 1. The first-order valence-corrected chi connectivity index (χ1v) is 7.74. The van der Waals surface area contributed by atoms with Gasteiger partial charge in [0.15, 0.2) is 5.78 Å². The summed E-state index contributed by atoms with van der Waals surface area (Å²) in [5, 5.41) is 2.67. The van der Waals surface area contributed by atoms with E-state index in [0.29, 0.717) is 11.4 Å². The Morgan fingerprint density at radius 3 is 2.80 bits per heavy atom. The van der Waals surface area contributed by atoms with E-state index in [1.807, 2.05) is 41.8 Å². The highest BCUT2D eigenvalue weighted by atomic mass is 35.5. The third-order valence-electron chi connectivity index (χ3n) is 3.73. The summed E-state index contributed by atoms with van der Waals surface area (Å²) >= 11 is 7.68. The first kappa shape index (κ1) is 13.5. The van der Waals surface area contributed by atoms with Crippen LogP contribution in [0.25, 0.3) is 0 Å². The predicted molar refractivity (Wildman–Crippen MR) is 84.2 cm³/mol. The number of rotatable bonds is 2. The second-order valence-corrected chi connectivity index (χ2v) is 6.29. The highest BCUT2D eigenvalue weighted by Crippen LogP contribution is 2.40. The fourth-order valence-corrected chi connectivity index (χ4v) is 3.82. The first-order valence-electron chi connectivity index (χ1n) is 6.49. The molecule has 1 aromatic heterocycles. The van der Waals surface area contributed by atoms with Gasteiger partial charge in [0.25, 0.3) is 0 Å². The first-order chi connectivity index (χ1) is 9.70. The minimum Gasteiger partial charge on any atom is -0.298 e. The lowest BCUT2D eigenvalue weighted by molar-refractivity contribution is -0.119. The van der Waals surface area contributed by atoms with E-state index >= 15 is 0 Å². The van der Waals surface area contributed by atoms with Crippen LogP contribution in [0.5, 0.6) is 0 Å². The van der Waals surface area contributed by atoms with Crippen LogP contribution in [0.4, 0.5) is 0 Å². The quantitative estimate of drug-likeness (QED) is 0.812. The van der Waals surface area contributed by atoms with Crippen molar-refractivity contribution in [2.75, 3.05) is 7.05 Å². The van der Waals surface area contributed by atoms with Gasteiger partial charge < -0.3 is 0 Å². The Morgan fingerprint density at radius 2 is 2.15 bits per heavy atom. The van der Waals surface area contributed by atoms with Gasteiger partial charge in [-0.05, 0) is 29.1 Å². The maximum absolute atomic E-state index is 12.8. The highest BCUT2D eigenvalue weighted by Gasteiger charge is 2.41. The van der Waals surface area contributed by atoms with Crippen LogP contribution in [0.3, 0.4) is 0 Å². The maximum Gasteiger partial charge on any atom is 0.154 e. The van der Waals surface area contributed by atoms with Crippen molar-refractivity contribution < 1.29 is 4.79 Å². The summed E-state index contributed by atoms with van der Waals surface area (Å²) in [5.41, 5.74) is 1.90. The number of carbonyl (C=O) groups is 1. The van der Waals surface area contributed by atoms with E-state index in [2.05, 4.69) is 4.99 Å². The molecule has 0 N–H and O–H groups in total. The van der Waals surface area contributed by atoms with Gasteiger partial charge in [0.2, 0.25) is 0 Å². The van der Waals surface area contributed by atoms with Crippen molar-refractivity contribution in [3.05, 3.63) is 57.2 Å². The fraction of sp³-hybridized carbons (Fsp3) is 0.250. The fourth-order valence-electron chi connectivity index (χ4n) is 2.79. The monoisotopic (exact) mass is 303 g/mol. The number of nitrogens with zero attached hydrogens (tertiary/aromatic N) is 1. The minimum absolute atomic E-state index is 0.0577. The molecule has 0 aliphatic heterocycles. The van der Waals surface area contributed by atoms with Crippen LogP contribution in [-0.2, 0) is 4.79 Å².